The van der Waals surface area contributed by atoms with Crippen LogP contribution in [0, 0.1) is 17.8 Å². The molecule has 0 N–H and O–H groups in total. The minimum Gasteiger partial charge on any atom is -0.465 e. The number of allylic oxidation sites excluding steroid dienone is 6. The van der Waals surface area contributed by atoms with Crippen molar-refractivity contribution >= 4 is 33.5 Å². The van der Waals surface area contributed by atoms with Crippen molar-refractivity contribution in [2.24, 2.45) is 17.8 Å². The first kappa shape index (κ1) is 21.5. The molecule has 3 rings (SSSR count). The van der Waals surface area contributed by atoms with E-state index in [1.165, 1.54) is 13.2 Å². The first-order valence-electron chi connectivity index (χ1n) is 9.73. The van der Waals surface area contributed by atoms with Crippen molar-refractivity contribution in [3.63, 3.8) is 0 Å². The molecular formula is C23H25BrO5. The largest absolute Gasteiger partial charge is 0.465 e. The van der Waals surface area contributed by atoms with Crippen LogP contribution in [0.3, 0.4) is 0 Å². The van der Waals surface area contributed by atoms with Gasteiger partial charge >= 0.3 is 5.97 Å². The lowest BCUT2D eigenvalue weighted by atomic mass is 9.68. The molecule has 4 atom stereocenters. The van der Waals surface area contributed by atoms with E-state index in [2.05, 4.69) is 35.9 Å². The molecular weight excluding hydrogens is 436 g/mol. The second-order valence-electron chi connectivity index (χ2n) is 8.02. The molecule has 0 amide bonds. The fourth-order valence-corrected chi connectivity index (χ4v) is 4.74. The molecule has 0 saturated carbocycles. The van der Waals surface area contributed by atoms with Gasteiger partial charge in [0.05, 0.1) is 16.7 Å². The molecule has 1 saturated heterocycles. The molecule has 5 nitrogen and oxygen atoms in total. The van der Waals surface area contributed by atoms with Gasteiger partial charge in [-0.05, 0) is 54.8 Å². The van der Waals surface area contributed by atoms with E-state index in [4.69, 9.17) is 9.47 Å². The maximum Gasteiger partial charge on any atom is 0.318 e. The van der Waals surface area contributed by atoms with E-state index in [1.807, 2.05) is 19.1 Å². The summed E-state index contributed by atoms with van der Waals surface area (Å²) < 4.78 is 11.5. The third-order valence-corrected chi connectivity index (χ3v) is 6.56. The van der Waals surface area contributed by atoms with Crippen molar-refractivity contribution in [1.29, 1.82) is 0 Å². The number of rotatable bonds is 5. The van der Waals surface area contributed by atoms with Crippen molar-refractivity contribution in [2.45, 2.75) is 46.6 Å². The van der Waals surface area contributed by atoms with Gasteiger partial charge < -0.3 is 9.47 Å². The average molecular weight is 461 g/mol. The van der Waals surface area contributed by atoms with Crippen LogP contribution in [0.15, 0.2) is 57.5 Å². The molecule has 0 aromatic rings. The second-order valence-corrected chi connectivity index (χ2v) is 8.81. The van der Waals surface area contributed by atoms with Crippen molar-refractivity contribution in [1.82, 2.24) is 0 Å². The van der Waals surface area contributed by atoms with Gasteiger partial charge in [0.25, 0.3) is 0 Å². The lowest BCUT2D eigenvalue weighted by Gasteiger charge is -2.36. The predicted octanol–water partition coefficient (Wildman–Crippen LogP) is 4.70. The van der Waals surface area contributed by atoms with Crippen LogP contribution in [0.4, 0.5) is 0 Å². The fourth-order valence-electron chi connectivity index (χ4n) is 4.00. The summed E-state index contributed by atoms with van der Waals surface area (Å²) in [6.07, 6.45) is 10.3. The number of carbonyl (C=O) groups excluding carboxylic acids is 3. The number of carbonyl (C=O) groups is 3. The number of hydrogen-bond donors (Lipinski definition) is 0. The summed E-state index contributed by atoms with van der Waals surface area (Å²) in [5.74, 6) is -2.00. The van der Waals surface area contributed by atoms with E-state index in [0.29, 0.717) is 27.3 Å². The highest BCUT2D eigenvalue weighted by molar-refractivity contribution is 9.12. The molecule has 0 unspecified atom stereocenters. The van der Waals surface area contributed by atoms with Crippen LogP contribution < -0.4 is 0 Å². The van der Waals surface area contributed by atoms with Crippen LogP contribution in [0.2, 0.25) is 0 Å². The van der Waals surface area contributed by atoms with Crippen LogP contribution in [0.5, 0.6) is 0 Å². The number of hydrogen-bond acceptors (Lipinski definition) is 5. The maximum atomic E-state index is 13.0. The Labute approximate surface area is 179 Å². The number of esters is 1. The number of fused-ring (bicyclic) bond motifs is 3. The minimum absolute atomic E-state index is 0.320. The molecule has 1 aliphatic carbocycles. The van der Waals surface area contributed by atoms with Crippen LogP contribution in [-0.4, -0.2) is 23.1 Å². The molecule has 2 heterocycles. The highest BCUT2D eigenvalue weighted by Gasteiger charge is 2.63. The van der Waals surface area contributed by atoms with Crippen molar-refractivity contribution in [2.75, 3.05) is 0 Å². The highest BCUT2D eigenvalue weighted by Crippen LogP contribution is 2.52. The zero-order valence-electron chi connectivity index (χ0n) is 17.2. The Morgan fingerprint density at radius 1 is 1.34 bits per heavy atom. The molecule has 154 valence electrons. The predicted molar refractivity (Wildman–Crippen MR) is 113 cm³/mol. The van der Waals surface area contributed by atoms with Crippen LogP contribution in [0.1, 0.15) is 41.0 Å². The Morgan fingerprint density at radius 2 is 2.03 bits per heavy atom. The van der Waals surface area contributed by atoms with Gasteiger partial charge in [-0.2, -0.15) is 0 Å². The monoisotopic (exact) mass is 460 g/mol. The van der Waals surface area contributed by atoms with E-state index in [0.717, 1.165) is 12.0 Å². The van der Waals surface area contributed by atoms with Gasteiger partial charge in [0, 0.05) is 11.1 Å². The van der Waals surface area contributed by atoms with Gasteiger partial charge in [-0.1, -0.05) is 38.0 Å². The summed E-state index contributed by atoms with van der Waals surface area (Å²) in [4.78, 5) is 37.5. The summed E-state index contributed by atoms with van der Waals surface area (Å²) >= 11 is 3.37. The summed E-state index contributed by atoms with van der Waals surface area (Å²) in [5, 5.41) is 0. The van der Waals surface area contributed by atoms with Crippen LogP contribution in [-0.2, 0) is 23.9 Å². The molecule has 2 aliphatic heterocycles. The maximum absolute atomic E-state index is 13.0. The lowest BCUT2D eigenvalue weighted by Crippen LogP contribution is -2.47. The van der Waals surface area contributed by atoms with Gasteiger partial charge in [0.15, 0.2) is 5.60 Å². The van der Waals surface area contributed by atoms with E-state index in [1.54, 1.807) is 13.0 Å². The van der Waals surface area contributed by atoms with Crippen LogP contribution >= 0.6 is 15.9 Å². The minimum atomic E-state index is -1.41. The SMILES string of the molecule is CC[C@H](C)/C=C(C)/C=C/C1=CC2=C(Br)C(=O)[C@]3(C)OC(=O)[C@@H](C(C)=O)[C@@H]3C2=CO1. The topological polar surface area (TPSA) is 69.7 Å². The normalized spacial score (nSPS) is 30.3. The Kier molecular flexibility index (Phi) is 5.86. The van der Waals surface area contributed by atoms with E-state index in [-0.39, 0.29) is 11.6 Å². The van der Waals surface area contributed by atoms with Crippen LogP contribution in [0.25, 0.3) is 0 Å². The molecule has 6 heteroatoms. The fraction of sp³-hybridized carbons (Fsp3) is 0.435. The highest BCUT2D eigenvalue weighted by atomic mass is 79.9. The Balaban J connectivity index is 1.98. The zero-order valence-corrected chi connectivity index (χ0v) is 18.8. The average Bonchev–Trinajstić information content (AvgIpc) is 2.96. The first-order chi connectivity index (χ1) is 13.6. The Hall–Kier alpha value is -2.21. The lowest BCUT2D eigenvalue weighted by molar-refractivity contribution is -0.156. The van der Waals surface area contributed by atoms with Crippen molar-refractivity contribution in [3.8, 4) is 0 Å². The van der Waals surface area contributed by atoms with Gasteiger partial charge in [0.1, 0.15) is 17.5 Å². The molecule has 3 aliphatic rings. The van der Waals surface area contributed by atoms with Crippen molar-refractivity contribution in [3.05, 3.63) is 57.5 Å². The number of halogens is 1. The Morgan fingerprint density at radius 3 is 2.66 bits per heavy atom. The molecule has 29 heavy (non-hydrogen) atoms. The zero-order chi connectivity index (χ0) is 21.5. The quantitative estimate of drug-likeness (QED) is 0.337. The third-order valence-electron chi connectivity index (χ3n) is 5.77. The van der Waals surface area contributed by atoms with Gasteiger partial charge in [-0.15, -0.1) is 0 Å². The summed E-state index contributed by atoms with van der Waals surface area (Å²) in [6.45, 7) is 9.22. The van der Waals surface area contributed by atoms with E-state index >= 15 is 0 Å². The number of ether oxygens (including phenoxy) is 2. The van der Waals surface area contributed by atoms with Gasteiger partial charge in [-0.25, -0.2) is 0 Å². The molecule has 1 fully saturated rings. The number of ketones is 2. The second kappa shape index (κ2) is 7.90. The van der Waals surface area contributed by atoms with E-state index in [9.17, 15) is 14.4 Å². The molecule has 0 aromatic heterocycles. The Bertz CT molecular complexity index is 933. The molecule has 0 radical (unpaired) electrons. The van der Waals surface area contributed by atoms with E-state index < -0.39 is 23.4 Å². The molecule has 0 spiro atoms. The third kappa shape index (κ3) is 3.70. The smallest absolute Gasteiger partial charge is 0.318 e. The summed E-state index contributed by atoms with van der Waals surface area (Å²) in [7, 11) is 0. The van der Waals surface area contributed by atoms with Crippen molar-refractivity contribution < 1.29 is 23.9 Å². The number of Topliss-reactive ketones (excluding diaryl/α,β-unsaturated/α-hetero) is 2. The molecule has 0 aromatic carbocycles. The van der Waals surface area contributed by atoms with Gasteiger partial charge in [0.2, 0.25) is 5.78 Å². The summed E-state index contributed by atoms with van der Waals surface area (Å²) in [6, 6.07) is 0. The standard InChI is InChI=1S/C23H25BrO5/c1-6-12(2)9-13(3)7-8-15-10-16-17(11-28-15)19-18(14(4)25)22(27)29-23(19,5)21(26)20(16)24/h7-12,18-19H,6H2,1-5H3/b8-7+,13-9+/t12-,18-,19-,23+/m0/s1. The summed E-state index contributed by atoms with van der Waals surface area (Å²) in [5.41, 5.74) is 0.942. The van der Waals surface area contributed by atoms with Gasteiger partial charge in [-0.3, -0.25) is 14.4 Å². The molecule has 0 bridgehead atoms. The first-order valence-corrected chi connectivity index (χ1v) is 10.5.